The van der Waals surface area contributed by atoms with Crippen molar-refractivity contribution in [2.45, 2.75) is 187 Å². The Morgan fingerprint density at radius 2 is 0.966 bits per heavy atom. The molecule has 8 heteroatoms. The number of allylic oxidation sites excluding steroid dienone is 12. The van der Waals surface area contributed by atoms with Crippen molar-refractivity contribution >= 4 is 17.9 Å². The molecule has 0 aliphatic carbocycles. The average molecular weight is 812 g/mol. The molecule has 0 radical (unpaired) electrons. The van der Waals surface area contributed by atoms with Gasteiger partial charge >= 0.3 is 11.9 Å². The second-order valence-electron chi connectivity index (χ2n) is 16.3. The number of nitrogens with zero attached hydrogens (tertiary/aromatic N) is 1. The van der Waals surface area contributed by atoms with E-state index in [9.17, 15) is 19.5 Å². The molecule has 0 saturated heterocycles. The first-order chi connectivity index (χ1) is 28.1. The van der Waals surface area contributed by atoms with E-state index in [-0.39, 0.29) is 42.7 Å². The number of carbonyl (C=O) groups is 3. The van der Waals surface area contributed by atoms with Gasteiger partial charge in [0.1, 0.15) is 12.6 Å². The predicted octanol–water partition coefficient (Wildman–Crippen LogP) is 11.4. The maximum Gasteiger partial charge on any atom is 0.306 e. The van der Waals surface area contributed by atoms with Crippen molar-refractivity contribution in [3.63, 3.8) is 0 Å². The molecule has 0 aromatic heterocycles. The molecule has 0 N–H and O–H groups in total. The van der Waals surface area contributed by atoms with Crippen LogP contribution in [0.3, 0.4) is 0 Å². The molecule has 0 bridgehead atoms. The molecule has 58 heavy (non-hydrogen) atoms. The monoisotopic (exact) mass is 812 g/mol. The van der Waals surface area contributed by atoms with E-state index in [4.69, 9.17) is 14.2 Å². The molecule has 8 nitrogen and oxygen atoms in total. The summed E-state index contributed by atoms with van der Waals surface area (Å²) >= 11 is 0. The number of carbonyl (C=O) groups excluding carboxylic acids is 3. The Labute approximate surface area is 355 Å². The number of carboxylic acids is 1. The molecule has 2 unspecified atom stereocenters. The van der Waals surface area contributed by atoms with Crippen LogP contribution in [0.1, 0.15) is 174 Å². The van der Waals surface area contributed by atoms with Crippen molar-refractivity contribution in [1.82, 2.24) is 0 Å². The van der Waals surface area contributed by atoms with E-state index in [1.165, 1.54) is 38.5 Å². The van der Waals surface area contributed by atoms with Gasteiger partial charge in [-0.05, 0) is 77.0 Å². The van der Waals surface area contributed by atoms with E-state index in [0.717, 1.165) is 103 Å². The maximum absolute atomic E-state index is 12.7. The number of hydrogen-bond acceptors (Lipinski definition) is 7. The molecule has 0 rings (SSSR count). The van der Waals surface area contributed by atoms with Crippen LogP contribution in [0.2, 0.25) is 0 Å². The average Bonchev–Trinajstić information content (AvgIpc) is 3.18. The van der Waals surface area contributed by atoms with Gasteiger partial charge in [-0.3, -0.25) is 9.59 Å². The third-order valence-electron chi connectivity index (χ3n) is 9.81. The fourth-order valence-electron chi connectivity index (χ4n) is 6.28. The van der Waals surface area contributed by atoms with Gasteiger partial charge in [0.15, 0.2) is 6.10 Å². The molecule has 0 fully saturated rings. The highest BCUT2D eigenvalue weighted by atomic mass is 16.6. The molecule has 0 aromatic rings. The van der Waals surface area contributed by atoms with E-state index in [0.29, 0.717) is 12.8 Å². The standard InChI is InChI=1S/C50H85NO7/c1-6-8-10-12-14-16-18-20-21-22-23-24-25-26-27-29-31-33-35-37-39-41-49(53)58-46(44-56-43-42-47(50(54)55)51(3,4)5)45-57-48(52)40-38-36-34-32-30-28-19-17-15-13-11-9-7-2/h8,10-11,13-14,16-17,19-21,23-24,46-47H,6-7,9,12,15,18,22,25-45H2,1-5H3/b10-8-,13-11-,16-14-,19-17-,21-20-,24-23-. The van der Waals surface area contributed by atoms with E-state index in [1.807, 2.05) is 0 Å². The first-order valence-electron chi connectivity index (χ1n) is 23.0. The molecule has 0 heterocycles. The van der Waals surface area contributed by atoms with Gasteiger partial charge in [0.05, 0.1) is 40.3 Å². The third-order valence-corrected chi connectivity index (χ3v) is 9.81. The molecule has 0 aliphatic heterocycles. The van der Waals surface area contributed by atoms with E-state index >= 15 is 0 Å². The summed E-state index contributed by atoms with van der Waals surface area (Å²) in [5.74, 6) is -1.77. The molecule has 0 spiro atoms. The molecule has 0 amide bonds. The van der Waals surface area contributed by atoms with Crippen molar-refractivity contribution in [2.24, 2.45) is 0 Å². The van der Waals surface area contributed by atoms with Gasteiger partial charge < -0.3 is 28.6 Å². The van der Waals surface area contributed by atoms with Crippen LogP contribution in [-0.4, -0.2) is 75.5 Å². The Balaban J connectivity index is 4.33. The number of unbranched alkanes of at least 4 members (excludes halogenated alkanes) is 14. The van der Waals surface area contributed by atoms with Gasteiger partial charge in [-0.15, -0.1) is 0 Å². The number of carboxylic acid groups (broad SMARTS) is 1. The number of likely N-dealkylation sites (N-methyl/N-ethyl adjacent to an activating group) is 1. The number of rotatable bonds is 40. The summed E-state index contributed by atoms with van der Waals surface area (Å²) in [5, 5.41) is 11.6. The number of quaternary nitrogens is 1. The van der Waals surface area contributed by atoms with E-state index < -0.39 is 18.1 Å². The van der Waals surface area contributed by atoms with Crippen LogP contribution in [-0.2, 0) is 28.6 Å². The second kappa shape index (κ2) is 40.5. The third kappa shape index (κ3) is 38.3. The Bertz CT molecular complexity index is 1180. The highest BCUT2D eigenvalue weighted by Gasteiger charge is 2.25. The fourth-order valence-corrected chi connectivity index (χ4v) is 6.28. The zero-order valence-corrected chi connectivity index (χ0v) is 37.7. The van der Waals surface area contributed by atoms with Gasteiger partial charge in [0.25, 0.3) is 0 Å². The van der Waals surface area contributed by atoms with Crippen LogP contribution in [0.4, 0.5) is 0 Å². The maximum atomic E-state index is 12.7. The first-order valence-corrected chi connectivity index (χ1v) is 23.0. The number of hydrogen-bond donors (Lipinski definition) is 0. The normalized spacial score (nSPS) is 13.6. The van der Waals surface area contributed by atoms with Gasteiger partial charge in [0.2, 0.25) is 0 Å². The summed E-state index contributed by atoms with van der Waals surface area (Å²) < 4.78 is 17.2. The van der Waals surface area contributed by atoms with Crippen molar-refractivity contribution in [1.29, 1.82) is 0 Å². The Hall–Kier alpha value is -3.23. The lowest BCUT2D eigenvalue weighted by molar-refractivity contribution is -0.889. The van der Waals surface area contributed by atoms with Crippen LogP contribution in [0, 0.1) is 0 Å². The zero-order chi connectivity index (χ0) is 42.8. The van der Waals surface area contributed by atoms with Crippen molar-refractivity contribution < 1.29 is 38.2 Å². The van der Waals surface area contributed by atoms with Crippen LogP contribution >= 0.6 is 0 Å². The van der Waals surface area contributed by atoms with E-state index in [1.54, 1.807) is 21.1 Å². The quantitative estimate of drug-likeness (QED) is 0.0263. The summed E-state index contributed by atoms with van der Waals surface area (Å²) in [6.07, 6.45) is 50.7. The first kappa shape index (κ1) is 54.8. The lowest BCUT2D eigenvalue weighted by Crippen LogP contribution is -2.55. The van der Waals surface area contributed by atoms with Crippen molar-refractivity contribution in [3.05, 3.63) is 72.9 Å². The highest BCUT2D eigenvalue weighted by molar-refractivity contribution is 5.70. The van der Waals surface area contributed by atoms with Gasteiger partial charge in [-0.2, -0.15) is 0 Å². The van der Waals surface area contributed by atoms with Crippen LogP contribution < -0.4 is 5.11 Å². The summed E-state index contributed by atoms with van der Waals surface area (Å²) in [5.41, 5.74) is 0. The molecule has 332 valence electrons. The van der Waals surface area contributed by atoms with Gasteiger partial charge in [-0.1, -0.05) is 151 Å². The minimum atomic E-state index is -1.13. The minimum Gasteiger partial charge on any atom is -0.544 e. The molecule has 0 saturated carbocycles. The van der Waals surface area contributed by atoms with Gasteiger partial charge in [-0.25, -0.2) is 0 Å². The largest absolute Gasteiger partial charge is 0.544 e. The summed E-state index contributed by atoms with van der Waals surface area (Å²) in [6, 6.07) is -0.732. The summed E-state index contributed by atoms with van der Waals surface area (Å²) in [6.45, 7) is 4.45. The van der Waals surface area contributed by atoms with E-state index in [2.05, 4.69) is 86.8 Å². The second-order valence-corrected chi connectivity index (χ2v) is 16.3. The SMILES string of the molecule is CC/C=C\C/C=C\C/C=C\C/C=C\CCCCCCCCCCC(=O)OC(COCCC(C(=O)[O-])[N+](C)(C)C)COC(=O)CCCCCCC/C=C\C/C=C\CCC. The smallest absolute Gasteiger partial charge is 0.306 e. The van der Waals surface area contributed by atoms with Crippen LogP contribution in [0.5, 0.6) is 0 Å². The minimum absolute atomic E-state index is 0.0295. The molecular weight excluding hydrogens is 727 g/mol. The molecule has 0 aromatic carbocycles. The fraction of sp³-hybridized carbons (Fsp3) is 0.700. The number of esters is 2. The number of ether oxygens (including phenoxy) is 3. The van der Waals surface area contributed by atoms with Crippen LogP contribution in [0.15, 0.2) is 72.9 Å². The van der Waals surface area contributed by atoms with Gasteiger partial charge in [0, 0.05) is 19.3 Å². The summed E-state index contributed by atoms with van der Waals surface area (Å²) in [4.78, 5) is 36.9. The van der Waals surface area contributed by atoms with Crippen molar-refractivity contribution in [2.75, 3.05) is 41.0 Å². The number of aliphatic carboxylic acids is 1. The van der Waals surface area contributed by atoms with Crippen molar-refractivity contribution in [3.8, 4) is 0 Å². The molecule has 2 atom stereocenters. The lowest BCUT2D eigenvalue weighted by Gasteiger charge is -2.34. The predicted molar refractivity (Wildman–Crippen MR) is 240 cm³/mol. The molecular formula is C50H85NO7. The lowest BCUT2D eigenvalue weighted by atomic mass is 10.1. The van der Waals surface area contributed by atoms with Crippen LogP contribution in [0.25, 0.3) is 0 Å². The zero-order valence-electron chi connectivity index (χ0n) is 37.7. The Morgan fingerprint density at radius 3 is 1.43 bits per heavy atom. The Kier molecular flexibility index (Phi) is 38.3. The molecule has 0 aliphatic rings. The topological polar surface area (TPSA) is 102 Å². The summed E-state index contributed by atoms with van der Waals surface area (Å²) in [7, 11) is 5.39. The highest BCUT2D eigenvalue weighted by Crippen LogP contribution is 2.14. The Morgan fingerprint density at radius 1 is 0.534 bits per heavy atom.